The molecule has 1 saturated heterocycles. The summed E-state index contributed by atoms with van der Waals surface area (Å²) in [6, 6.07) is 3.97. The van der Waals surface area contributed by atoms with Gasteiger partial charge in [-0.3, -0.25) is 9.69 Å². The molecule has 76 valence electrons. The van der Waals surface area contributed by atoms with Crippen molar-refractivity contribution in [3.63, 3.8) is 0 Å². The molecule has 1 aromatic rings. The first-order valence-corrected chi connectivity index (χ1v) is 4.87. The summed E-state index contributed by atoms with van der Waals surface area (Å²) < 4.78 is 0. The van der Waals surface area contributed by atoms with Gasteiger partial charge in [0.15, 0.2) is 0 Å². The molecule has 1 unspecified atom stereocenters. The molecule has 0 aliphatic carbocycles. The van der Waals surface area contributed by atoms with Gasteiger partial charge in [0.1, 0.15) is 0 Å². The second-order valence-corrected chi connectivity index (χ2v) is 3.69. The summed E-state index contributed by atoms with van der Waals surface area (Å²) in [6.07, 6.45) is 1.71. The number of likely N-dealkylation sites (N-methyl/N-ethyl adjacent to an activating group) is 1. The maximum atomic E-state index is 11.1. The third-order valence-corrected chi connectivity index (χ3v) is 2.69. The van der Waals surface area contributed by atoms with Crippen LogP contribution in [0.2, 0.25) is 0 Å². The molecular formula is C10H15N3O. The smallest absolute Gasteiger partial charge is 0.248 e. The molecule has 4 heteroatoms. The monoisotopic (exact) mass is 193 g/mol. The zero-order chi connectivity index (χ0) is 9.97. The molecule has 4 nitrogen and oxygen atoms in total. The van der Waals surface area contributed by atoms with Crippen LogP contribution in [0.15, 0.2) is 23.1 Å². The Morgan fingerprint density at radius 2 is 2.43 bits per heavy atom. The van der Waals surface area contributed by atoms with E-state index < -0.39 is 0 Å². The normalized spacial score (nSPS) is 23.6. The molecule has 1 aliphatic heterocycles. The summed E-state index contributed by atoms with van der Waals surface area (Å²) in [4.78, 5) is 16.0. The number of hydrogen-bond donors (Lipinski definition) is 2. The number of pyridine rings is 1. The Hall–Kier alpha value is -1.13. The zero-order valence-electron chi connectivity index (χ0n) is 8.29. The van der Waals surface area contributed by atoms with Crippen molar-refractivity contribution >= 4 is 0 Å². The highest BCUT2D eigenvalue weighted by Gasteiger charge is 2.19. The van der Waals surface area contributed by atoms with Gasteiger partial charge in [0, 0.05) is 37.9 Å². The van der Waals surface area contributed by atoms with Gasteiger partial charge in [-0.1, -0.05) is 0 Å². The average molecular weight is 193 g/mol. The Kier molecular flexibility index (Phi) is 2.65. The Balaban J connectivity index is 2.24. The fraction of sp³-hybridized carbons (Fsp3) is 0.500. The lowest BCUT2D eigenvalue weighted by molar-refractivity contribution is 0.202. The number of nitrogens with one attached hydrogen (secondary N) is 2. The minimum absolute atomic E-state index is 0.0264. The highest BCUT2D eigenvalue weighted by molar-refractivity contribution is 5.16. The van der Waals surface area contributed by atoms with Crippen LogP contribution in [0.3, 0.4) is 0 Å². The Bertz CT molecular complexity index is 360. The van der Waals surface area contributed by atoms with E-state index in [0.717, 1.165) is 25.2 Å². The number of rotatable bonds is 1. The minimum atomic E-state index is -0.0264. The molecule has 0 bridgehead atoms. The van der Waals surface area contributed by atoms with Crippen LogP contribution < -0.4 is 10.9 Å². The number of hydrogen-bond acceptors (Lipinski definition) is 3. The number of nitrogens with zero attached hydrogens (tertiary/aromatic N) is 1. The van der Waals surface area contributed by atoms with Crippen LogP contribution in [-0.2, 0) is 0 Å². The SMILES string of the molecule is CN1CCNCC1c1cc[nH]c(=O)c1. The molecule has 2 heterocycles. The summed E-state index contributed by atoms with van der Waals surface area (Å²) in [7, 11) is 2.09. The Labute approximate surface area is 82.9 Å². The van der Waals surface area contributed by atoms with E-state index >= 15 is 0 Å². The van der Waals surface area contributed by atoms with E-state index in [1.807, 2.05) is 6.07 Å². The van der Waals surface area contributed by atoms with Crippen LogP contribution in [0.1, 0.15) is 11.6 Å². The van der Waals surface area contributed by atoms with Gasteiger partial charge < -0.3 is 10.3 Å². The standard InChI is InChI=1S/C10H15N3O/c1-13-5-4-11-7-9(13)8-2-3-12-10(14)6-8/h2-3,6,9,11H,4-5,7H2,1H3,(H,12,14). The minimum Gasteiger partial charge on any atom is -0.329 e. The van der Waals surface area contributed by atoms with Crippen molar-refractivity contribution in [3.8, 4) is 0 Å². The highest BCUT2D eigenvalue weighted by atomic mass is 16.1. The summed E-state index contributed by atoms with van der Waals surface area (Å²) in [5, 5.41) is 3.33. The second-order valence-electron chi connectivity index (χ2n) is 3.69. The number of H-pyrrole nitrogens is 1. The van der Waals surface area contributed by atoms with Crippen molar-refractivity contribution in [1.29, 1.82) is 0 Å². The summed E-state index contributed by atoms with van der Waals surface area (Å²) in [5.41, 5.74) is 1.06. The van der Waals surface area contributed by atoms with Gasteiger partial charge in [-0.2, -0.15) is 0 Å². The van der Waals surface area contributed by atoms with Crippen LogP contribution in [-0.4, -0.2) is 36.6 Å². The molecule has 1 fully saturated rings. The van der Waals surface area contributed by atoms with Crippen LogP contribution in [0.25, 0.3) is 0 Å². The molecule has 1 aromatic heterocycles. The van der Waals surface area contributed by atoms with E-state index in [2.05, 4.69) is 22.2 Å². The van der Waals surface area contributed by atoms with Crippen LogP contribution in [0, 0.1) is 0 Å². The van der Waals surface area contributed by atoms with Crippen molar-refractivity contribution in [1.82, 2.24) is 15.2 Å². The van der Waals surface area contributed by atoms with Crippen molar-refractivity contribution in [2.45, 2.75) is 6.04 Å². The second kappa shape index (κ2) is 3.94. The van der Waals surface area contributed by atoms with E-state index in [-0.39, 0.29) is 5.56 Å². The quantitative estimate of drug-likeness (QED) is 0.657. The first kappa shape index (κ1) is 9.43. The first-order chi connectivity index (χ1) is 6.77. The van der Waals surface area contributed by atoms with E-state index in [1.54, 1.807) is 12.3 Å². The Morgan fingerprint density at radius 3 is 3.14 bits per heavy atom. The maximum Gasteiger partial charge on any atom is 0.248 e. The summed E-state index contributed by atoms with van der Waals surface area (Å²) in [5.74, 6) is 0. The summed E-state index contributed by atoms with van der Waals surface area (Å²) >= 11 is 0. The van der Waals surface area contributed by atoms with Gasteiger partial charge in [0.2, 0.25) is 5.56 Å². The fourth-order valence-electron chi connectivity index (χ4n) is 1.85. The number of aromatic nitrogens is 1. The predicted molar refractivity (Wildman–Crippen MR) is 55.3 cm³/mol. The molecule has 2 rings (SSSR count). The van der Waals surface area contributed by atoms with Crippen molar-refractivity contribution in [3.05, 3.63) is 34.2 Å². The highest BCUT2D eigenvalue weighted by Crippen LogP contribution is 2.18. The van der Waals surface area contributed by atoms with Crippen LogP contribution >= 0.6 is 0 Å². The van der Waals surface area contributed by atoms with Gasteiger partial charge in [0.05, 0.1) is 0 Å². The van der Waals surface area contributed by atoms with Crippen LogP contribution in [0.4, 0.5) is 0 Å². The lowest BCUT2D eigenvalue weighted by Gasteiger charge is -2.33. The molecule has 0 radical (unpaired) electrons. The number of aromatic amines is 1. The first-order valence-electron chi connectivity index (χ1n) is 4.87. The van der Waals surface area contributed by atoms with Gasteiger partial charge in [-0.15, -0.1) is 0 Å². The topological polar surface area (TPSA) is 48.1 Å². The lowest BCUT2D eigenvalue weighted by Crippen LogP contribution is -2.44. The van der Waals surface area contributed by atoms with Gasteiger partial charge in [-0.05, 0) is 18.7 Å². The molecule has 0 amide bonds. The zero-order valence-corrected chi connectivity index (χ0v) is 8.29. The van der Waals surface area contributed by atoms with Crippen molar-refractivity contribution in [2.24, 2.45) is 0 Å². The molecule has 14 heavy (non-hydrogen) atoms. The largest absolute Gasteiger partial charge is 0.329 e. The van der Waals surface area contributed by atoms with Gasteiger partial charge >= 0.3 is 0 Å². The average Bonchev–Trinajstić information content (AvgIpc) is 2.18. The maximum absolute atomic E-state index is 11.1. The molecule has 0 saturated carbocycles. The predicted octanol–water partition coefficient (Wildman–Crippen LogP) is -0.0490. The number of piperazine rings is 1. The van der Waals surface area contributed by atoms with Crippen molar-refractivity contribution in [2.75, 3.05) is 26.7 Å². The molecular weight excluding hydrogens is 178 g/mol. The molecule has 0 spiro atoms. The van der Waals surface area contributed by atoms with Crippen LogP contribution in [0.5, 0.6) is 0 Å². The third-order valence-electron chi connectivity index (χ3n) is 2.69. The molecule has 1 aliphatic rings. The van der Waals surface area contributed by atoms with E-state index in [0.29, 0.717) is 6.04 Å². The van der Waals surface area contributed by atoms with E-state index in [1.165, 1.54) is 0 Å². The van der Waals surface area contributed by atoms with E-state index in [9.17, 15) is 4.79 Å². The fourth-order valence-corrected chi connectivity index (χ4v) is 1.85. The lowest BCUT2D eigenvalue weighted by atomic mass is 10.1. The molecule has 2 N–H and O–H groups in total. The molecule has 0 aromatic carbocycles. The van der Waals surface area contributed by atoms with Gasteiger partial charge in [0.25, 0.3) is 0 Å². The van der Waals surface area contributed by atoms with Crippen molar-refractivity contribution < 1.29 is 0 Å². The van der Waals surface area contributed by atoms with E-state index in [4.69, 9.17) is 0 Å². The Morgan fingerprint density at radius 1 is 1.57 bits per heavy atom. The molecule has 1 atom stereocenters. The summed E-state index contributed by atoms with van der Waals surface area (Å²) in [6.45, 7) is 2.97. The third kappa shape index (κ3) is 1.86. The van der Waals surface area contributed by atoms with Gasteiger partial charge in [-0.25, -0.2) is 0 Å².